The minimum absolute atomic E-state index is 0.914. The lowest BCUT2D eigenvalue weighted by Crippen LogP contribution is -2.38. The number of aryl methyl sites for hydroxylation is 3. The van der Waals surface area contributed by atoms with E-state index in [9.17, 15) is 0 Å². The van der Waals surface area contributed by atoms with Gasteiger partial charge in [-0.2, -0.15) is 0 Å². The molecule has 0 N–H and O–H groups in total. The maximum atomic E-state index is 7.24. The smallest absolute Gasteiger partial charge is 0.489 e. The van der Waals surface area contributed by atoms with Gasteiger partial charge in [-0.25, -0.2) is 0 Å². The summed E-state index contributed by atoms with van der Waals surface area (Å²) in [5.41, 5.74) is 13.2. The zero-order valence-electron chi connectivity index (χ0n) is 39.4. The molecule has 324 valence electrons. The van der Waals surface area contributed by atoms with Gasteiger partial charge >= 0.3 is 7.32 Å². The van der Waals surface area contributed by atoms with Crippen LogP contribution in [0.1, 0.15) is 228 Å². The average molecular weight is 795 g/mol. The molecule has 3 rings (SSSR count). The first-order valence-corrected chi connectivity index (χ1v) is 24.8. The van der Waals surface area contributed by atoms with Crippen LogP contribution in [0.3, 0.4) is 0 Å². The van der Waals surface area contributed by atoms with Crippen LogP contribution < -0.4 is 14.0 Å². The van der Waals surface area contributed by atoms with Gasteiger partial charge in [0.2, 0.25) is 0 Å². The molecule has 3 aromatic carbocycles. The van der Waals surface area contributed by atoms with Crippen molar-refractivity contribution in [3.63, 3.8) is 0 Å². The standard InChI is InChI=1S/C54H87BO3/c1-10-19-28-43-37-40-52(49(34-25-16-7)46(43)31-22-13-4)56-55(57-53-41-38-44(29-20-11-2)47(32-23-14-5)50(53)35-26-17-8)58-54-42-39-45(30-21-12-3)48(33-24-15-6)51(54)36-27-18-9/h37-42H,10-36H2,1-9H3. The van der Waals surface area contributed by atoms with E-state index in [4.69, 9.17) is 14.0 Å². The van der Waals surface area contributed by atoms with Gasteiger partial charge < -0.3 is 14.0 Å². The Kier molecular flexibility index (Phi) is 25.1. The van der Waals surface area contributed by atoms with Gasteiger partial charge in [-0.3, -0.25) is 0 Å². The predicted octanol–water partition coefficient (Wildman–Crippen LogP) is 16.3. The molecule has 0 spiro atoms. The second-order valence-corrected chi connectivity index (χ2v) is 17.1. The SMILES string of the molecule is CCCCc1ccc(OB(Oc2ccc(CCCC)c(CCCC)c2CCCC)Oc2ccc(CCCC)c(CCCC)c2CCCC)c(CCCC)c1CCCC. The Bertz CT molecular complexity index is 1380. The highest BCUT2D eigenvalue weighted by Gasteiger charge is 2.34. The van der Waals surface area contributed by atoms with Crippen molar-refractivity contribution in [1.82, 2.24) is 0 Å². The Morgan fingerprint density at radius 3 is 0.707 bits per heavy atom. The molecule has 0 saturated heterocycles. The van der Waals surface area contributed by atoms with Crippen LogP contribution >= 0.6 is 0 Å². The maximum Gasteiger partial charge on any atom is 0.864 e. The third-order valence-electron chi connectivity index (χ3n) is 12.2. The summed E-state index contributed by atoms with van der Waals surface area (Å²) >= 11 is 0. The minimum Gasteiger partial charge on any atom is -0.489 e. The summed E-state index contributed by atoms with van der Waals surface area (Å²) in [7, 11) is -0.914. The highest BCUT2D eigenvalue weighted by atomic mass is 16.7. The van der Waals surface area contributed by atoms with Crippen LogP contribution in [0.2, 0.25) is 0 Å². The van der Waals surface area contributed by atoms with Crippen LogP contribution in [0, 0.1) is 0 Å². The summed E-state index contributed by atoms with van der Waals surface area (Å²) in [4.78, 5) is 0. The van der Waals surface area contributed by atoms with E-state index < -0.39 is 7.32 Å². The van der Waals surface area contributed by atoms with Crippen molar-refractivity contribution in [2.45, 2.75) is 236 Å². The molecular formula is C54H87BO3. The van der Waals surface area contributed by atoms with Crippen molar-refractivity contribution in [3.05, 3.63) is 86.5 Å². The van der Waals surface area contributed by atoms with Crippen LogP contribution in [0.25, 0.3) is 0 Å². The van der Waals surface area contributed by atoms with E-state index in [0.29, 0.717) is 0 Å². The van der Waals surface area contributed by atoms with Crippen molar-refractivity contribution in [2.24, 2.45) is 0 Å². The molecule has 0 saturated carbocycles. The molecule has 0 aromatic heterocycles. The van der Waals surface area contributed by atoms with E-state index in [2.05, 4.69) is 98.7 Å². The molecule has 0 atom stereocenters. The molecule has 0 aliphatic heterocycles. The van der Waals surface area contributed by atoms with Gasteiger partial charge in [0.15, 0.2) is 0 Å². The molecule has 0 bridgehead atoms. The van der Waals surface area contributed by atoms with Gasteiger partial charge in [0.05, 0.1) is 0 Å². The van der Waals surface area contributed by atoms with E-state index in [1.54, 1.807) is 0 Å². The number of rotatable bonds is 33. The van der Waals surface area contributed by atoms with Crippen molar-refractivity contribution >= 4 is 7.32 Å². The number of hydrogen-bond acceptors (Lipinski definition) is 3. The fourth-order valence-electron chi connectivity index (χ4n) is 8.56. The van der Waals surface area contributed by atoms with Gasteiger partial charge in [0.25, 0.3) is 0 Å². The topological polar surface area (TPSA) is 27.7 Å². The molecule has 0 heterocycles. The first kappa shape index (κ1) is 49.5. The molecular weight excluding hydrogens is 707 g/mol. The summed E-state index contributed by atoms with van der Waals surface area (Å²) in [6, 6.07) is 13.8. The van der Waals surface area contributed by atoms with Gasteiger partial charge in [0.1, 0.15) is 17.2 Å². The largest absolute Gasteiger partial charge is 0.864 e. The molecule has 3 nitrogen and oxygen atoms in total. The third-order valence-corrected chi connectivity index (χ3v) is 12.2. The number of unbranched alkanes of at least 4 members (excludes halogenated alkanes) is 9. The molecule has 0 unspecified atom stereocenters. The summed E-state index contributed by atoms with van der Waals surface area (Å²) in [6.45, 7) is 20.8. The van der Waals surface area contributed by atoms with E-state index >= 15 is 0 Å². The lowest BCUT2D eigenvalue weighted by Gasteiger charge is -2.26. The maximum absolute atomic E-state index is 7.24. The Morgan fingerprint density at radius 2 is 0.483 bits per heavy atom. The second-order valence-electron chi connectivity index (χ2n) is 17.1. The van der Waals surface area contributed by atoms with Crippen LogP contribution in [0.15, 0.2) is 36.4 Å². The van der Waals surface area contributed by atoms with E-state index in [1.165, 1.54) is 127 Å². The lowest BCUT2D eigenvalue weighted by molar-refractivity contribution is 0.302. The van der Waals surface area contributed by atoms with Gasteiger partial charge in [-0.1, -0.05) is 138 Å². The summed E-state index contributed by atoms with van der Waals surface area (Å²) in [5.74, 6) is 2.81. The molecule has 0 aliphatic rings. The summed E-state index contributed by atoms with van der Waals surface area (Å²) in [5, 5.41) is 0. The fourth-order valence-corrected chi connectivity index (χ4v) is 8.56. The Hall–Kier alpha value is -2.88. The molecule has 0 radical (unpaired) electrons. The van der Waals surface area contributed by atoms with Crippen LogP contribution in [0.5, 0.6) is 17.2 Å². The first-order valence-electron chi connectivity index (χ1n) is 24.8. The number of benzene rings is 3. The minimum atomic E-state index is -0.914. The molecule has 0 aliphatic carbocycles. The average Bonchev–Trinajstić information content (AvgIpc) is 3.24. The van der Waals surface area contributed by atoms with Crippen LogP contribution in [-0.2, 0) is 57.8 Å². The molecule has 4 heteroatoms. The van der Waals surface area contributed by atoms with Crippen LogP contribution in [-0.4, -0.2) is 7.32 Å². The number of hydrogen-bond donors (Lipinski definition) is 0. The van der Waals surface area contributed by atoms with E-state index in [-0.39, 0.29) is 0 Å². The van der Waals surface area contributed by atoms with Gasteiger partial charge in [-0.05, 0) is 184 Å². The highest BCUT2D eigenvalue weighted by molar-refractivity contribution is 6.39. The quantitative estimate of drug-likeness (QED) is 0.0575. The molecule has 58 heavy (non-hydrogen) atoms. The van der Waals surface area contributed by atoms with Crippen LogP contribution in [0.4, 0.5) is 0 Å². The van der Waals surface area contributed by atoms with Crippen molar-refractivity contribution in [2.75, 3.05) is 0 Å². The third kappa shape index (κ3) is 15.6. The van der Waals surface area contributed by atoms with E-state index in [0.717, 1.165) is 114 Å². The predicted molar refractivity (Wildman–Crippen MR) is 254 cm³/mol. The first-order chi connectivity index (χ1) is 28.4. The zero-order chi connectivity index (χ0) is 42.0. The monoisotopic (exact) mass is 795 g/mol. The summed E-state index contributed by atoms with van der Waals surface area (Å²) < 4.78 is 21.7. The Balaban J connectivity index is 2.31. The molecule has 0 amide bonds. The Labute approximate surface area is 359 Å². The van der Waals surface area contributed by atoms with Crippen molar-refractivity contribution in [1.29, 1.82) is 0 Å². The molecule has 0 fully saturated rings. The normalized spacial score (nSPS) is 11.3. The highest BCUT2D eigenvalue weighted by Crippen LogP contribution is 2.36. The van der Waals surface area contributed by atoms with E-state index in [1.807, 2.05) is 0 Å². The zero-order valence-corrected chi connectivity index (χ0v) is 39.4. The van der Waals surface area contributed by atoms with Crippen molar-refractivity contribution in [3.8, 4) is 17.2 Å². The second kappa shape index (κ2) is 29.4. The molecule has 3 aromatic rings. The van der Waals surface area contributed by atoms with Gasteiger partial charge in [0, 0.05) is 0 Å². The lowest BCUT2D eigenvalue weighted by atomic mass is 9.89. The van der Waals surface area contributed by atoms with Crippen molar-refractivity contribution < 1.29 is 14.0 Å². The Morgan fingerprint density at radius 1 is 0.276 bits per heavy atom. The fraction of sp³-hybridized carbons (Fsp3) is 0.667. The summed E-state index contributed by atoms with van der Waals surface area (Å²) in [6.07, 6.45) is 31.0. The van der Waals surface area contributed by atoms with Gasteiger partial charge in [-0.15, -0.1) is 0 Å².